The Morgan fingerprint density at radius 3 is 2.39 bits per heavy atom. The molecule has 4 aromatic rings. The van der Waals surface area contributed by atoms with Crippen molar-refractivity contribution < 1.29 is 23.0 Å². The van der Waals surface area contributed by atoms with Gasteiger partial charge in [-0.2, -0.15) is 18.3 Å². The molecule has 2 aromatic carbocycles. The highest BCUT2D eigenvalue weighted by atomic mass is 19.4. The number of fused-ring (bicyclic) bond motifs is 1. The zero-order valence-electron chi connectivity index (χ0n) is 17.5. The van der Waals surface area contributed by atoms with E-state index in [9.17, 15) is 18.3 Å². The van der Waals surface area contributed by atoms with Crippen LogP contribution in [0, 0.1) is 0 Å². The van der Waals surface area contributed by atoms with Gasteiger partial charge in [0, 0.05) is 16.7 Å². The first-order valence-electron chi connectivity index (χ1n) is 9.67. The van der Waals surface area contributed by atoms with Crippen LogP contribution >= 0.6 is 0 Å². The molecule has 0 atom stereocenters. The number of nitrogens with one attached hydrogen (secondary N) is 1. The van der Waals surface area contributed by atoms with Crippen LogP contribution in [0.25, 0.3) is 27.8 Å². The summed E-state index contributed by atoms with van der Waals surface area (Å²) in [6.07, 6.45) is -4.51. The molecule has 2 aromatic heterocycles. The summed E-state index contributed by atoms with van der Waals surface area (Å²) in [6, 6.07) is 12.0. The normalized spacial score (nSPS) is 12.5. The van der Waals surface area contributed by atoms with Crippen molar-refractivity contribution in [2.24, 2.45) is 0 Å². The molecule has 0 aliphatic rings. The topological polar surface area (TPSA) is 63.1 Å². The Kier molecular flexibility index (Phi) is 4.76. The molecule has 0 unspecified atom stereocenters. The van der Waals surface area contributed by atoms with E-state index in [2.05, 4.69) is 10.2 Å². The Hall–Kier alpha value is -3.42. The van der Waals surface area contributed by atoms with Crippen molar-refractivity contribution in [2.45, 2.75) is 32.4 Å². The summed E-state index contributed by atoms with van der Waals surface area (Å²) in [5.41, 5.74) is 1.15. The minimum atomic E-state index is -4.51. The predicted octanol–water partition coefficient (Wildman–Crippen LogP) is 6.05. The van der Waals surface area contributed by atoms with Crippen molar-refractivity contribution in [3.05, 3.63) is 59.8 Å². The van der Waals surface area contributed by atoms with Crippen molar-refractivity contribution in [1.29, 1.82) is 0 Å². The third-order valence-electron chi connectivity index (χ3n) is 5.17. The van der Waals surface area contributed by atoms with E-state index >= 15 is 0 Å². The maximum absolute atomic E-state index is 13.4. The molecule has 5 nitrogen and oxygen atoms in total. The average Bonchev–Trinajstić information content (AvgIpc) is 3.26. The molecule has 2 heterocycles. The Labute approximate surface area is 177 Å². The number of aromatic amines is 1. The first kappa shape index (κ1) is 20.8. The quantitative estimate of drug-likeness (QED) is 0.417. The molecule has 4 rings (SSSR count). The summed E-state index contributed by atoms with van der Waals surface area (Å²) >= 11 is 0. The van der Waals surface area contributed by atoms with Crippen molar-refractivity contribution in [1.82, 2.24) is 14.8 Å². The summed E-state index contributed by atoms with van der Waals surface area (Å²) in [7, 11) is 1.52. The molecule has 0 aliphatic carbocycles. The second kappa shape index (κ2) is 7.08. The van der Waals surface area contributed by atoms with E-state index in [1.807, 2.05) is 20.8 Å². The number of methoxy groups -OCH3 is 1. The van der Waals surface area contributed by atoms with Crippen LogP contribution in [0.5, 0.6) is 11.6 Å². The number of aromatic hydroxyl groups is 1. The molecule has 0 aliphatic heterocycles. The van der Waals surface area contributed by atoms with Gasteiger partial charge < -0.3 is 9.84 Å². The van der Waals surface area contributed by atoms with Gasteiger partial charge in [-0.1, -0.05) is 39.0 Å². The van der Waals surface area contributed by atoms with Gasteiger partial charge in [-0.05, 0) is 30.3 Å². The maximum Gasteiger partial charge on any atom is 0.416 e. The maximum atomic E-state index is 13.4. The third kappa shape index (κ3) is 3.41. The summed E-state index contributed by atoms with van der Waals surface area (Å²) < 4.78 is 47.1. The number of H-pyrrole nitrogens is 1. The van der Waals surface area contributed by atoms with Crippen molar-refractivity contribution in [3.63, 3.8) is 0 Å². The molecular formula is C23H22F3N3O2. The molecule has 8 heteroatoms. The molecule has 0 bridgehead atoms. The molecule has 0 saturated carbocycles. The van der Waals surface area contributed by atoms with Gasteiger partial charge in [-0.3, -0.25) is 9.67 Å². The fourth-order valence-corrected chi connectivity index (χ4v) is 3.77. The fraction of sp³-hybridized carbons (Fsp3) is 0.261. The summed E-state index contributed by atoms with van der Waals surface area (Å²) in [6.45, 7) is 5.94. The van der Waals surface area contributed by atoms with Gasteiger partial charge in [-0.15, -0.1) is 0 Å². The van der Waals surface area contributed by atoms with Crippen LogP contribution in [-0.4, -0.2) is 27.0 Å². The van der Waals surface area contributed by atoms with Crippen molar-refractivity contribution in [3.8, 4) is 28.6 Å². The van der Waals surface area contributed by atoms with Crippen LogP contribution in [0.4, 0.5) is 13.2 Å². The summed E-state index contributed by atoms with van der Waals surface area (Å²) in [4.78, 5) is 0. The second-order valence-electron chi connectivity index (χ2n) is 8.33. The van der Waals surface area contributed by atoms with E-state index in [1.54, 1.807) is 24.3 Å². The van der Waals surface area contributed by atoms with Gasteiger partial charge in [0.05, 0.1) is 29.4 Å². The Balaban J connectivity index is 2.14. The number of ether oxygens (including phenoxy) is 1. The van der Waals surface area contributed by atoms with Gasteiger partial charge in [0.25, 0.3) is 0 Å². The van der Waals surface area contributed by atoms with Crippen LogP contribution < -0.4 is 4.74 Å². The first-order chi connectivity index (χ1) is 14.5. The van der Waals surface area contributed by atoms with Gasteiger partial charge in [0.2, 0.25) is 5.88 Å². The number of alkyl halides is 3. The minimum Gasteiger partial charge on any atom is -0.496 e. The molecule has 0 radical (unpaired) electrons. The lowest BCUT2D eigenvalue weighted by Gasteiger charge is -2.18. The van der Waals surface area contributed by atoms with E-state index in [1.165, 1.54) is 23.8 Å². The predicted molar refractivity (Wildman–Crippen MR) is 113 cm³/mol. The highest BCUT2D eigenvalue weighted by molar-refractivity contribution is 6.02. The third-order valence-corrected chi connectivity index (χ3v) is 5.17. The van der Waals surface area contributed by atoms with Crippen LogP contribution in [0.1, 0.15) is 32.0 Å². The van der Waals surface area contributed by atoms with Crippen LogP contribution in [0.3, 0.4) is 0 Å². The highest BCUT2D eigenvalue weighted by Gasteiger charge is 2.33. The number of halogens is 3. The van der Waals surface area contributed by atoms with Crippen LogP contribution in [0.15, 0.2) is 48.5 Å². The molecular weight excluding hydrogens is 407 g/mol. The Morgan fingerprint density at radius 1 is 1.03 bits per heavy atom. The molecule has 0 amide bonds. The first-order valence-corrected chi connectivity index (χ1v) is 9.67. The molecule has 0 spiro atoms. The van der Waals surface area contributed by atoms with Crippen molar-refractivity contribution >= 4 is 10.9 Å². The largest absolute Gasteiger partial charge is 0.496 e. The van der Waals surface area contributed by atoms with Gasteiger partial charge in [-0.25, -0.2) is 0 Å². The highest BCUT2D eigenvalue weighted by Crippen LogP contribution is 2.46. The lowest BCUT2D eigenvalue weighted by molar-refractivity contribution is -0.137. The molecule has 2 N–H and O–H groups in total. The lowest BCUT2D eigenvalue weighted by Crippen LogP contribution is -2.13. The monoisotopic (exact) mass is 429 g/mol. The zero-order chi connectivity index (χ0) is 22.6. The zero-order valence-corrected chi connectivity index (χ0v) is 17.5. The lowest BCUT2D eigenvalue weighted by atomic mass is 9.89. The standard InChI is InChI=1S/C23H22F3N3O2/c1-22(2,3)20-17-18(27-28-20)21(30)29(14-9-7-8-13(12-14)23(24,25)26)19(17)15-10-5-6-11-16(15)31-4/h5-12,27,30H,1-4H3. The number of nitrogens with zero attached hydrogens (tertiary/aromatic N) is 2. The van der Waals surface area contributed by atoms with Gasteiger partial charge in [0.15, 0.2) is 0 Å². The van der Waals surface area contributed by atoms with Crippen LogP contribution in [0.2, 0.25) is 0 Å². The van der Waals surface area contributed by atoms with E-state index in [0.717, 1.165) is 12.1 Å². The Morgan fingerprint density at radius 2 is 1.74 bits per heavy atom. The average molecular weight is 429 g/mol. The Bertz CT molecular complexity index is 1260. The van der Waals surface area contributed by atoms with E-state index < -0.39 is 11.7 Å². The number of benzene rings is 2. The number of para-hydroxylation sites is 1. The van der Waals surface area contributed by atoms with Crippen LogP contribution in [-0.2, 0) is 11.6 Å². The van der Waals surface area contributed by atoms with E-state index in [4.69, 9.17) is 4.74 Å². The molecule has 31 heavy (non-hydrogen) atoms. The number of aromatic nitrogens is 3. The molecule has 0 saturated heterocycles. The van der Waals surface area contributed by atoms with E-state index in [-0.39, 0.29) is 17.0 Å². The molecule has 0 fully saturated rings. The van der Waals surface area contributed by atoms with Crippen molar-refractivity contribution in [2.75, 3.05) is 7.11 Å². The smallest absolute Gasteiger partial charge is 0.416 e. The second-order valence-corrected chi connectivity index (χ2v) is 8.33. The number of rotatable bonds is 3. The number of hydrogen-bond acceptors (Lipinski definition) is 3. The number of hydrogen-bond donors (Lipinski definition) is 2. The fourth-order valence-electron chi connectivity index (χ4n) is 3.77. The SMILES string of the molecule is COc1ccccc1-c1c2c(C(C)(C)C)n[nH]c2c(O)n1-c1cccc(C(F)(F)F)c1. The van der Waals surface area contributed by atoms with Gasteiger partial charge in [0.1, 0.15) is 11.3 Å². The summed E-state index contributed by atoms with van der Waals surface area (Å²) in [5, 5.41) is 19.0. The summed E-state index contributed by atoms with van der Waals surface area (Å²) in [5.74, 6) is 0.300. The molecule has 162 valence electrons. The van der Waals surface area contributed by atoms with Gasteiger partial charge >= 0.3 is 6.18 Å². The van der Waals surface area contributed by atoms with E-state index in [0.29, 0.717) is 33.6 Å². The minimum absolute atomic E-state index is 0.178.